The van der Waals surface area contributed by atoms with E-state index in [0.29, 0.717) is 17.6 Å². The third kappa shape index (κ3) is 2.55. The van der Waals surface area contributed by atoms with E-state index in [1.165, 1.54) is 12.1 Å². The van der Waals surface area contributed by atoms with Crippen LogP contribution in [0.3, 0.4) is 0 Å². The molecule has 0 atom stereocenters. The van der Waals surface area contributed by atoms with Gasteiger partial charge in [0, 0.05) is 12.0 Å². The molecule has 0 bridgehead atoms. The summed E-state index contributed by atoms with van der Waals surface area (Å²) in [6, 6.07) is 12.5. The van der Waals surface area contributed by atoms with Crippen molar-refractivity contribution in [2.24, 2.45) is 0 Å². The van der Waals surface area contributed by atoms with Crippen molar-refractivity contribution in [2.45, 2.75) is 13.5 Å². The maximum absolute atomic E-state index is 13.9. The quantitative estimate of drug-likeness (QED) is 0.711. The van der Waals surface area contributed by atoms with Crippen LogP contribution >= 0.6 is 0 Å². The van der Waals surface area contributed by atoms with Crippen LogP contribution in [0.2, 0.25) is 0 Å². The maximum Gasteiger partial charge on any atom is 0.491 e. The van der Waals surface area contributed by atoms with Crippen molar-refractivity contribution < 1.29 is 14.4 Å². The second-order valence-electron chi connectivity index (χ2n) is 4.97. The average Bonchev–Trinajstić information content (AvgIpc) is 2.75. The van der Waals surface area contributed by atoms with E-state index < -0.39 is 12.9 Å². The SMILES string of the molecule is Cc1nc2cc(B(O)O)c(F)cc2n1Cc1ccccc1. The third-order valence-corrected chi connectivity index (χ3v) is 3.52. The average molecular weight is 284 g/mol. The molecule has 1 heterocycles. The highest BCUT2D eigenvalue weighted by Gasteiger charge is 2.19. The minimum Gasteiger partial charge on any atom is -0.423 e. The Bertz CT molecular complexity index is 787. The molecule has 3 aromatic rings. The van der Waals surface area contributed by atoms with Crippen LogP contribution in [0.5, 0.6) is 0 Å². The second kappa shape index (κ2) is 5.31. The molecular formula is C15H14BFN2O2. The molecule has 0 amide bonds. The van der Waals surface area contributed by atoms with Gasteiger partial charge in [0.25, 0.3) is 0 Å². The predicted molar refractivity (Wildman–Crippen MR) is 79.8 cm³/mol. The largest absolute Gasteiger partial charge is 0.491 e. The third-order valence-electron chi connectivity index (χ3n) is 3.52. The summed E-state index contributed by atoms with van der Waals surface area (Å²) in [4.78, 5) is 4.37. The number of imidazole rings is 1. The van der Waals surface area contributed by atoms with Crippen LogP contribution < -0.4 is 5.46 Å². The molecule has 0 saturated carbocycles. The number of aromatic nitrogens is 2. The molecule has 0 fully saturated rings. The Morgan fingerprint density at radius 3 is 2.57 bits per heavy atom. The van der Waals surface area contributed by atoms with Gasteiger partial charge in [-0.25, -0.2) is 9.37 Å². The van der Waals surface area contributed by atoms with Gasteiger partial charge in [-0.15, -0.1) is 0 Å². The summed E-state index contributed by atoms with van der Waals surface area (Å²) >= 11 is 0. The molecule has 0 aliphatic heterocycles. The van der Waals surface area contributed by atoms with Crippen molar-refractivity contribution >= 4 is 23.6 Å². The highest BCUT2D eigenvalue weighted by atomic mass is 19.1. The van der Waals surface area contributed by atoms with Crippen molar-refractivity contribution in [3.8, 4) is 0 Å². The summed E-state index contributed by atoms with van der Waals surface area (Å²) < 4.78 is 15.8. The van der Waals surface area contributed by atoms with Crippen molar-refractivity contribution in [2.75, 3.05) is 0 Å². The zero-order valence-electron chi connectivity index (χ0n) is 11.5. The molecule has 6 heteroatoms. The first-order valence-corrected chi connectivity index (χ1v) is 6.62. The Balaban J connectivity index is 2.11. The predicted octanol–water partition coefficient (Wildman–Crippen LogP) is 1.21. The van der Waals surface area contributed by atoms with Gasteiger partial charge in [0.2, 0.25) is 0 Å². The van der Waals surface area contributed by atoms with E-state index in [-0.39, 0.29) is 5.46 Å². The Kier molecular flexibility index (Phi) is 3.49. The van der Waals surface area contributed by atoms with E-state index in [2.05, 4.69) is 4.98 Å². The fourth-order valence-electron chi connectivity index (χ4n) is 2.45. The standard InChI is InChI=1S/C15H14BFN2O2/c1-10-18-14-7-12(16(20)21)13(17)8-15(14)19(10)9-11-5-3-2-4-6-11/h2-8,20-21H,9H2,1H3. The number of fused-ring (bicyclic) bond motifs is 1. The van der Waals surface area contributed by atoms with E-state index in [1.807, 2.05) is 41.8 Å². The fraction of sp³-hybridized carbons (Fsp3) is 0.133. The summed E-state index contributed by atoms with van der Waals surface area (Å²) in [5.74, 6) is 0.101. The number of hydrogen-bond donors (Lipinski definition) is 2. The molecule has 0 unspecified atom stereocenters. The summed E-state index contributed by atoms with van der Waals surface area (Å²) in [5.41, 5.74) is 2.12. The first-order chi connectivity index (χ1) is 10.1. The molecule has 3 rings (SSSR count). The molecule has 21 heavy (non-hydrogen) atoms. The van der Waals surface area contributed by atoms with Gasteiger partial charge in [0.05, 0.1) is 11.0 Å². The highest BCUT2D eigenvalue weighted by molar-refractivity contribution is 6.59. The topological polar surface area (TPSA) is 58.3 Å². The van der Waals surface area contributed by atoms with Gasteiger partial charge < -0.3 is 14.6 Å². The molecule has 0 spiro atoms. The number of aryl methyl sites for hydroxylation is 1. The van der Waals surface area contributed by atoms with Gasteiger partial charge in [-0.1, -0.05) is 30.3 Å². The Labute approximate surface area is 121 Å². The summed E-state index contributed by atoms with van der Waals surface area (Å²) in [7, 11) is -1.84. The lowest BCUT2D eigenvalue weighted by Gasteiger charge is -2.08. The Hall–Kier alpha value is -2.18. The Morgan fingerprint density at radius 2 is 1.90 bits per heavy atom. The molecule has 106 valence electrons. The smallest absolute Gasteiger partial charge is 0.423 e. The minimum atomic E-state index is -1.84. The molecule has 4 nitrogen and oxygen atoms in total. The lowest BCUT2D eigenvalue weighted by Crippen LogP contribution is -2.32. The number of nitrogens with zero attached hydrogens (tertiary/aromatic N) is 2. The molecule has 1 aromatic heterocycles. The number of halogens is 1. The van der Waals surface area contributed by atoms with Crippen LogP contribution in [0, 0.1) is 12.7 Å². The molecule has 0 aliphatic rings. The zero-order valence-corrected chi connectivity index (χ0v) is 11.5. The van der Waals surface area contributed by atoms with Crippen LogP contribution in [0.1, 0.15) is 11.4 Å². The van der Waals surface area contributed by atoms with E-state index in [1.54, 1.807) is 0 Å². The maximum atomic E-state index is 13.9. The van der Waals surface area contributed by atoms with Gasteiger partial charge in [-0.3, -0.25) is 0 Å². The van der Waals surface area contributed by atoms with Crippen LogP contribution in [-0.4, -0.2) is 26.7 Å². The van der Waals surface area contributed by atoms with Crippen LogP contribution in [0.4, 0.5) is 4.39 Å². The molecule has 0 radical (unpaired) electrons. The van der Waals surface area contributed by atoms with Gasteiger partial charge >= 0.3 is 7.12 Å². The van der Waals surface area contributed by atoms with E-state index in [4.69, 9.17) is 10.0 Å². The molecular weight excluding hydrogens is 270 g/mol. The molecule has 0 saturated heterocycles. The fourth-order valence-corrected chi connectivity index (χ4v) is 2.45. The van der Waals surface area contributed by atoms with Gasteiger partial charge in [0.1, 0.15) is 11.6 Å². The summed E-state index contributed by atoms with van der Waals surface area (Å²) in [5, 5.41) is 18.3. The van der Waals surface area contributed by atoms with Gasteiger partial charge in [-0.2, -0.15) is 0 Å². The van der Waals surface area contributed by atoms with Crippen LogP contribution in [-0.2, 0) is 6.54 Å². The zero-order chi connectivity index (χ0) is 15.0. The first kappa shape index (κ1) is 13.8. The minimum absolute atomic E-state index is 0.160. The first-order valence-electron chi connectivity index (χ1n) is 6.62. The van der Waals surface area contributed by atoms with Crippen molar-refractivity contribution in [1.82, 2.24) is 9.55 Å². The van der Waals surface area contributed by atoms with Gasteiger partial charge in [-0.05, 0) is 24.6 Å². The number of hydrogen-bond acceptors (Lipinski definition) is 3. The normalized spacial score (nSPS) is 11.0. The van der Waals surface area contributed by atoms with Gasteiger partial charge in [0.15, 0.2) is 0 Å². The van der Waals surface area contributed by atoms with Crippen molar-refractivity contribution in [3.05, 3.63) is 59.7 Å². The molecule has 2 aromatic carbocycles. The number of benzene rings is 2. The lowest BCUT2D eigenvalue weighted by molar-refractivity contribution is 0.423. The van der Waals surface area contributed by atoms with Crippen molar-refractivity contribution in [3.63, 3.8) is 0 Å². The van der Waals surface area contributed by atoms with E-state index in [9.17, 15) is 4.39 Å². The summed E-state index contributed by atoms with van der Waals surface area (Å²) in [6.45, 7) is 2.43. The number of rotatable bonds is 3. The van der Waals surface area contributed by atoms with Crippen LogP contribution in [0.25, 0.3) is 11.0 Å². The van der Waals surface area contributed by atoms with E-state index in [0.717, 1.165) is 11.4 Å². The van der Waals surface area contributed by atoms with Crippen LogP contribution in [0.15, 0.2) is 42.5 Å². The van der Waals surface area contributed by atoms with Crippen molar-refractivity contribution in [1.29, 1.82) is 0 Å². The summed E-state index contributed by atoms with van der Waals surface area (Å²) in [6.07, 6.45) is 0. The Morgan fingerprint density at radius 1 is 1.19 bits per heavy atom. The second-order valence-corrected chi connectivity index (χ2v) is 4.97. The molecule has 2 N–H and O–H groups in total. The monoisotopic (exact) mass is 284 g/mol. The van der Waals surface area contributed by atoms with E-state index >= 15 is 0 Å². The molecule has 0 aliphatic carbocycles. The lowest BCUT2D eigenvalue weighted by atomic mass is 9.79. The highest BCUT2D eigenvalue weighted by Crippen LogP contribution is 2.18.